The summed E-state index contributed by atoms with van der Waals surface area (Å²) in [5, 5.41) is 3.01. The summed E-state index contributed by atoms with van der Waals surface area (Å²) >= 11 is 0. The molecule has 126 valence electrons. The highest BCUT2D eigenvalue weighted by atomic mass is 16.5. The maximum atomic E-state index is 12.6. The van der Waals surface area contributed by atoms with Crippen LogP contribution in [0.4, 0.5) is 5.69 Å². The number of anilines is 1. The van der Waals surface area contributed by atoms with Gasteiger partial charge < -0.3 is 10.1 Å². The molecule has 1 aromatic carbocycles. The number of rotatable bonds is 6. The second-order valence-corrected chi connectivity index (χ2v) is 5.98. The molecule has 2 heterocycles. The van der Waals surface area contributed by atoms with Crippen LogP contribution in [0.25, 0.3) is 0 Å². The predicted molar refractivity (Wildman–Crippen MR) is 94.2 cm³/mol. The molecular formula is C19H23N3O2. The molecule has 1 atom stereocenters. The number of aromatic nitrogens is 1. The van der Waals surface area contributed by atoms with Crippen LogP contribution < -0.4 is 10.1 Å². The van der Waals surface area contributed by atoms with Crippen molar-refractivity contribution in [2.75, 3.05) is 25.5 Å². The van der Waals surface area contributed by atoms with Crippen molar-refractivity contribution in [2.24, 2.45) is 0 Å². The Hall–Kier alpha value is -2.40. The Morgan fingerprint density at radius 3 is 2.83 bits per heavy atom. The molecule has 1 aliphatic heterocycles. The van der Waals surface area contributed by atoms with Gasteiger partial charge in [0.1, 0.15) is 5.75 Å². The largest absolute Gasteiger partial charge is 0.497 e. The zero-order chi connectivity index (χ0) is 16.8. The quantitative estimate of drug-likeness (QED) is 0.887. The minimum absolute atomic E-state index is 0.0594. The molecular weight excluding hydrogens is 302 g/mol. The van der Waals surface area contributed by atoms with Crippen LogP contribution in [0, 0.1) is 0 Å². The van der Waals surface area contributed by atoms with Crippen LogP contribution in [0.15, 0.2) is 48.7 Å². The number of carbonyl (C=O) groups excluding carboxylic acids is 1. The van der Waals surface area contributed by atoms with Crippen molar-refractivity contribution in [2.45, 2.75) is 25.3 Å². The lowest BCUT2D eigenvalue weighted by Crippen LogP contribution is -2.40. The van der Waals surface area contributed by atoms with Crippen molar-refractivity contribution in [1.29, 1.82) is 0 Å². The first kappa shape index (κ1) is 16.5. The molecule has 24 heavy (non-hydrogen) atoms. The summed E-state index contributed by atoms with van der Waals surface area (Å²) in [5.41, 5.74) is 1.87. The molecule has 1 aromatic heterocycles. The van der Waals surface area contributed by atoms with E-state index in [-0.39, 0.29) is 11.9 Å². The monoisotopic (exact) mass is 325 g/mol. The number of hydrogen-bond donors (Lipinski definition) is 1. The molecule has 1 N–H and O–H groups in total. The molecule has 0 saturated carbocycles. The Bertz CT molecular complexity index is 658. The first-order chi connectivity index (χ1) is 11.8. The third-order valence-electron chi connectivity index (χ3n) is 4.41. The van der Waals surface area contributed by atoms with Gasteiger partial charge in [0.2, 0.25) is 5.91 Å². The fourth-order valence-corrected chi connectivity index (χ4v) is 3.09. The summed E-state index contributed by atoms with van der Waals surface area (Å²) in [7, 11) is 1.63. The van der Waals surface area contributed by atoms with Gasteiger partial charge in [-0.25, -0.2) is 0 Å². The first-order valence-corrected chi connectivity index (χ1v) is 8.35. The highest BCUT2D eigenvalue weighted by Crippen LogP contribution is 2.21. The van der Waals surface area contributed by atoms with Crippen molar-refractivity contribution in [3.63, 3.8) is 0 Å². The normalized spacial score (nSPS) is 17.6. The van der Waals surface area contributed by atoms with E-state index in [2.05, 4.69) is 15.2 Å². The van der Waals surface area contributed by atoms with E-state index in [9.17, 15) is 4.79 Å². The molecule has 1 unspecified atom stereocenters. The van der Waals surface area contributed by atoms with E-state index in [0.29, 0.717) is 0 Å². The Labute approximate surface area is 142 Å². The van der Waals surface area contributed by atoms with E-state index in [4.69, 9.17) is 4.74 Å². The van der Waals surface area contributed by atoms with E-state index in [0.717, 1.165) is 49.5 Å². The van der Waals surface area contributed by atoms with Crippen LogP contribution in [-0.2, 0) is 11.2 Å². The Morgan fingerprint density at radius 2 is 2.12 bits per heavy atom. The maximum Gasteiger partial charge on any atom is 0.241 e. The number of ether oxygens (including phenoxy) is 1. The van der Waals surface area contributed by atoms with Crippen molar-refractivity contribution in [1.82, 2.24) is 9.88 Å². The van der Waals surface area contributed by atoms with Crippen LogP contribution in [0.2, 0.25) is 0 Å². The third-order valence-corrected chi connectivity index (χ3v) is 4.41. The first-order valence-electron chi connectivity index (χ1n) is 8.35. The number of benzene rings is 1. The molecule has 1 fully saturated rings. The van der Waals surface area contributed by atoms with Gasteiger partial charge in [-0.15, -0.1) is 0 Å². The fourth-order valence-electron chi connectivity index (χ4n) is 3.09. The summed E-state index contributed by atoms with van der Waals surface area (Å²) in [6.45, 7) is 1.82. The predicted octanol–water partition coefficient (Wildman–Crippen LogP) is 2.74. The smallest absolute Gasteiger partial charge is 0.241 e. The van der Waals surface area contributed by atoms with Crippen molar-refractivity contribution in [3.8, 4) is 5.75 Å². The summed E-state index contributed by atoms with van der Waals surface area (Å²) in [5.74, 6) is 0.851. The van der Waals surface area contributed by atoms with Gasteiger partial charge >= 0.3 is 0 Å². The average molecular weight is 325 g/mol. The van der Waals surface area contributed by atoms with Crippen LogP contribution in [0.3, 0.4) is 0 Å². The number of nitrogens with zero attached hydrogens (tertiary/aromatic N) is 2. The van der Waals surface area contributed by atoms with Gasteiger partial charge in [-0.05, 0) is 55.8 Å². The molecule has 5 nitrogen and oxygen atoms in total. The number of nitrogens with one attached hydrogen (secondary N) is 1. The molecule has 0 aliphatic carbocycles. The number of methoxy groups -OCH3 is 1. The minimum atomic E-state index is -0.0594. The van der Waals surface area contributed by atoms with Gasteiger partial charge in [-0.1, -0.05) is 6.07 Å². The van der Waals surface area contributed by atoms with E-state index < -0.39 is 0 Å². The Kier molecular flexibility index (Phi) is 5.43. The zero-order valence-corrected chi connectivity index (χ0v) is 13.9. The van der Waals surface area contributed by atoms with E-state index in [1.54, 1.807) is 7.11 Å². The summed E-state index contributed by atoms with van der Waals surface area (Å²) in [6.07, 6.45) is 4.65. The molecule has 1 aliphatic rings. The summed E-state index contributed by atoms with van der Waals surface area (Å²) in [4.78, 5) is 19.2. The van der Waals surface area contributed by atoms with Gasteiger partial charge in [-0.2, -0.15) is 0 Å². The van der Waals surface area contributed by atoms with Gasteiger partial charge in [0.15, 0.2) is 0 Å². The number of carbonyl (C=O) groups is 1. The topological polar surface area (TPSA) is 54.5 Å². The van der Waals surface area contributed by atoms with E-state index >= 15 is 0 Å². The summed E-state index contributed by atoms with van der Waals surface area (Å²) < 4.78 is 5.14. The lowest BCUT2D eigenvalue weighted by Gasteiger charge is -2.23. The molecule has 0 radical (unpaired) electrons. The Balaban J connectivity index is 1.56. The second-order valence-electron chi connectivity index (χ2n) is 5.98. The van der Waals surface area contributed by atoms with Crippen molar-refractivity contribution >= 4 is 11.6 Å². The lowest BCUT2D eigenvalue weighted by atomic mass is 10.2. The number of likely N-dealkylation sites (tertiary alicyclic amines) is 1. The second kappa shape index (κ2) is 7.93. The van der Waals surface area contributed by atoms with Crippen LogP contribution >= 0.6 is 0 Å². The number of hydrogen-bond acceptors (Lipinski definition) is 4. The van der Waals surface area contributed by atoms with Gasteiger partial charge in [-0.3, -0.25) is 14.7 Å². The third kappa shape index (κ3) is 4.11. The molecule has 2 aromatic rings. The highest BCUT2D eigenvalue weighted by Gasteiger charge is 2.30. The van der Waals surface area contributed by atoms with Crippen LogP contribution in [-0.4, -0.2) is 42.0 Å². The minimum Gasteiger partial charge on any atom is -0.497 e. The van der Waals surface area contributed by atoms with E-state index in [1.165, 1.54) is 0 Å². The number of amides is 1. The van der Waals surface area contributed by atoms with Crippen LogP contribution in [0.1, 0.15) is 18.5 Å². The van der Waals surface area contributed by atoms with Crippen molar-refractivity contribution < 1.29 is 9.53 Å². The van der Waals surface area contributed by atoms with Gasteiger partial charge in [0, 0.05) is 30.5 Å². The van der Waals surface area contributed by atoms with Crippen LogP contribution in [0.5, 0.6) is 5.75 Å². The molecule has 3 rings (SSSR count). The maximum absolute atomic E-state index is 12.6. The average Bonchev–Trinajstić information content (AvgIpc) is 3.10. The van der Waals surface area contributed by atoms with Crippen molar-refractivity contribution in [3.05, 3.63) is 54.4 Å². The van der Waals surface area contributed by atoms with Gasteiger partial charge in [0.05, 0.1) is 13.2 Å². The molecule has 1 saturated heterocycles. The molecule has 1 amide bonds. The number of pyridine rings is 1. The molecule has 0 spiro atoms. The summed E-state index contributed by atoms with van der Waals surface area (Å²) in [6, 6.07) is 13.3. The Morgan fingerprint density at radius 1 is 1.29 bits per heavy atom. The van der Waals surface area contributed by atoms with E-state index in [1.807, 2.05) is 48.7 Å². The fraction of sp³-hybridized carbons (Fsp3) is 0.368. The lowest BCUT2D eigenvalue weighted by molar-refractivity contribution is -0.120. The molecule has 5 heteroatoms. The SMILES string of the molecule is COc1ccc(NC(=O)C2CCCN2CCc2ccccn2)cc1. The van der Waals surface area contributed by atoms with Gasteiger partial charge in [0.25, 0.3) is 0 Å². The zero-order valence-electron chi connectivity index (χ0n) is 13.9. The molecule has 0 bridgehead atoms. The standard InChI is InChI=1S/C19H23N3O2/c1-24-17-9-7-16(8-10-17)21-19(23)18-6-4-13-22(18)14-11-15-5-2-3-12-20-15/h2-3,5,7-10,12,18H,4,6,11,13-14H2,1H3,(H,21,23). The highest BCUT2D eigenvalue weighted by molar-refractivity contribution is 5.95.